The Morgan fingerprint density at radius 1 is 1.12 bits per heavy atom. The van der Waals surface area contributed by atoms with Gasteiger partial charge in [0.1, 0.15) is 6.04 Å². The van der Waals surface area contributed by atoms with Gasteiger partial charge in [0.25, 0.3) is 0 Å². The van der Waals surface area contributed by atoms with E-state index in [1.54, 1.807) is 0 Å². The maximum absolute atomic E-state index is 6.08. The van der Waals surface area contributed by atoms with E-state index in [1.807, 2.05) is 51.1 Å². The molecule has 2 rings (SSSR count). The van der Waals surface area contributed by atoms with Gasteiger partial charge in [-0.25, -0.2) is 0 Å². The van der Waals surface area contributed by atoms with Crippen molar-refractivity contribution in [2.75, 3.05) is 0 Å². The standard InChI is InChI=1S/C13H17N3O/c1-13(2,3)12-16-15-11(17-12)10(14)9-7-5-4-6-8-9/h4-8,10H,14H2,1-3H3. The molecule has 1 atom stereocenters. The molecule has 0 fully saturated rings. The van der Waals surface area contributed by atoms with E-state index in [4.69, 9.17) is 10.2 Å². The van der Waals surface area contributed by atoms with Gasteiger partial charge in [0.05, 0.1) is 0 Å². The number of nitrogens with zero attached hydrogens (tertiary/aromatic N) is 2. The zero-order valence-electron chi connectivity index (χ0n) is 10.3. The number of aromatic nitrogens is 2. The van der Waals surface area contributed by atoms with E-state index in [1.165, 1.54) is 0 Å². The lowest BCUT2D eigenvalue weighted by Crippen LogP contribution is -2.12. The topological polar surface area (TPSA) is 64.9 Å². The van der Waals surface area contributed by atoms with Gasteiger partial charge in [-0.3, -0.25) is 0 Å². The molecule has 0 aliphatic rings. The molecule has 90 valence electrons. The Hall–Kier alpha value is -1.68. The predicted octanol–water partition coefficient (Wildman–Crippen LogP) is 2.42. The van der Waals surface area contributed by atoms with Crippen molar-refractivity contribution < 1.29 is 4.42 Å². The molecule has 4 heteroatoms. The number of hydrogen-bond acceptors (Lipinski definition) is 4. The van der Waals surface area contributed by atoms with E-state index >= 15 is 0 Å². The van der Waals surface area contributed by atoms with Crippen LogP contribution in [0.15, 0.2) is 34.7 Å². The second-order valence-corrected chi connectivity index (χ2v) is 5.08. The van der Waals surface area contributed by atoms with Crippen molar-refractivity contribution in [3.05, 3.63) is 47.7 Å². The summed E-state index contributed by atoms with van der Waals surface area (Å²) in [7, 11) is 0. The number of nitrogens with two attached hydrogens (primary N) is 1. The fourth-order valence-electron chi connectivity index (χ4n) is 1.47. The quantitative estimate of drug-likeness (QED) is 0.862. The number of hydrogen-bond donors (Lipinski definition) is 1. The molecule has 0 aliphatic heterocycles. The average Bonchev–Trinajstić information content (AvgIpc) is 2.78. The second-order valence-electron chi connectivity index (χ2n) is 5.08. The summed E-state index contributed by atoms with van der Waals surface area (Å²) in [6, 6.07) is 9.37. The molecular formula is C13H17N3O. The molecule has 1 unspecified atom stereocenters. The van der Waals surface area contributed by atoms with Crippen LogP contribution in [-0.2, 0) is 5.41 Å². The predicted molar refractivity (Wildman–Crippen MR) is 65.5 cm³/mol. The number of rotatable bonds is 2. The number of benzene rings is 1. The van der Waals surface area contributed by atoms with Gasteiger partial charge in [-0.05, 0) is 5.56 Å². The van der Waals surface area contributed by atoms with Gasteiger partial charge < -0.3 is 10.2 Å². The summed E-state index contributed by atoms with van der Waals surface area (Å²) in [5.74, 6) is 1.07. The van der Waals surface area contributed by atoms with E-state index in [-0.39, 0.29) is 11.5 Å². The summed E-state index contributed by atoms with van der Waals surface area (Å²) >= 11 is 0. The summed E-state index contributed by atoms with van der Waals surface area (Å²) in [6.45, 7) is 6.08. The molecule has 1 aromatic carbocycles. The minimum atomic E-state index is -0.361. The van der Waals surface area contributed by atoms with Crippen molar-refractivity contribution in [1.29, 1.82) is 0 Å². The first-order valence-corrected chi connectivity index (χ1v) is 5.63. The third kappa shape index (κ3) is 2.53. The third-order valence-corrected chi connectivity index (χ3v) is 2.51. The Labute approximate surface area is 101 Å². The fraction of sp³-hybridized carbons (Fsp3) is 0.385. The Balaban J connectivity index is 2.27. The van der Waals surface area contributed by atoms with Crippen LogP contribution in [0.2, 0.25) is 0 Å². The zero-order valence-corrected chi connectivity index (χ0v) is 10.3. The Bertz CT molecular complexity index is 485. The molecule has 4 nitrogen and oxygen atoms in total. The molecule has 0 radical (unpaired) electrons. The van der Waals surface area contributed by atoms with Gasteiger partial charge in [0, 0.05) is 5.41 Å². The molecule has 2 aromatic rings. The Morgan fingerprint density at radius 3 is 2.29 bits per heavy atom. The molecule has 1 aromatic heterocycles. The van der Waals surface area contributed by atoms with E-state index in [9.17, 15) is 0 Å². The molecule has 1 heterocycles. The van der Waals surface area contributed by atoms with Crippen molar-refractivity contribution in [3.8, 4) is 0 Å². The monoisotopic (exact) mass is 231 g/mol. The van der Waals surface area contributed by atoms with Crippen LogP contribution in [0.25, 0.3) is 0 Å². The molecule has 0 spiro atoms. The summed E-state index contributed by atoms with van der Waals surface area (Å²) in [5.41, 5.74) is 6.89. The third-order valence-electron chi connectivity index (χ3n) is 2.51. The van der Waals surface area contributed by atoms with E-state index < -0.39 is 0 Å². The molecule has 0 aliphatic carbocycles. The van der Waals surface area contributed by atoms with Crippen LogP contribution in [-0.4, -0.2) is 10.2 Å². The largest absolute Gasteiger partial charge is 0.423 e. The van der Waals surface area contributed by atoms with Crippen LogP contribution in [0, 0.1) is 0 Å². The Morgan fingerprint density at radius 2 is 1.76 bits per heavy atom. The van der Waals surface area contributed by atoms with Crippen LogP contribution in [0.4, 0.5) is 0 Å². The van der Waals surface area contributed by atoms with E-state index in [0.29, 0.717) is 11.8 Å². The van der Waals surface area contributed by atoms with Crippen molar-refractivity contribution in [3.63, 3.8) is 0 Å². The van der Waals surface area contributed by atoms with Crippen LogP contribution in [0.3, 0.4) is 0 Å². The molecular weight excluding hydrogens is 214 g/mol. The van der Waals surface area contributed by atoms with Crippen molar-refractivity contribution in [1.82, 2.24) is 10.2 Å². The lowest BCUT2D eigenvalue weighted by atomic mass is 9.97. The van der Waals surface area contributed by atoms with Gasteiger partial charge in [-0.2, -0.15) is 0 Å². The normalized spacial score (nSPS) is 13.6. The lowest BCUT2D eigenvalue weighted by Gasteiger charge is -2.12. The summed E-state index contributed by atoms with van der Waals surface area (Å²) in [4.78, 5) is 0. The van der Waals surface area contributed by atoms with Crippen LogP contribution in [0.1, 0.15) is 44.2 Å². The highest BCUT2D eigenvalue weighted by Crippen LogP contribution is 2.24. The zero-order chi connectivity index (χ0) is 12.5. The lowest BCUT2D eigenvalue weighted by molar-refractivity contribution is 0.364. The minimum absolute atomic E-state index is 0.151. The van der Waals surface area contributed by atoms with Gasteiger partial charge >= 0.3 is 0 Å². The molecule has 0 saturated heterocycles. The first-order chi connectivity index (χ1) is 7.98. The average molecular weight is 231 g/mol. The van der Waals surface area contributed by atoms with Crippen molar-refractivity contribution >= 4 is 0 Å². The first kappa shape index (κ1) is 11.8. The van der Waals surface area contributed by atoms with Crippen LogP contribution < -0.4 is 5.73 Å². The fourth-order valence-corrected chi connectivity index (χ4v) is 1.47. The highest BCUT2D eigenvalue weighted by molar-refractivity contribution is 5.22. The molecule has 0 bridgehead atoms. The maximum atomic E-state index is 6.08. The SMILES string of the molecule is CC(C)(C)c1nnc(C(N)c2ccccc2)o1. The van der Waals surface area contributed by atoms with E-state index in [0.717, 1.165) is 5.56 Å². The first-order valence-electron chi connectivity index (χ1n) is 5.63. The van der Waals surface area contributed by atoms with Gasteiger partial charge in [0.2, 0.25) is 11.8 Å². The molecule has 0 saturated carbocycles. The molecule has 0 amide bonds. The smallest absolute Gasteiger partial charge is 0.237 e. The van der Waals surface area contributed by atoms with Crippen molar-refractivity contribution in [2.45, 2.75) is 32.2 Å². The highest BCUT2D eigenvalue weighted by Gasteiger charge is 2.23. The van der Waals surface area contributed by atoms with Crippen molar-refractivity contribution in [2.24, 2.45) is 5.73 Å². The second kappa shape index (κ2) is 4.30. The summed E-state index contributed by atoms with van der Waals surface area (Å²) in [5, 5.41) is 8.05. The maximum Gasteiger partial charge on any atom is 0.237 e. The summed E-state index contributed by atoms with van der Waals surface area (Å²) < 4.78 is 5.62. The summed E-state index contributed by atoms with van der Waals surface area (Å²) in [6.07, 6.45) is 0. The molecule has 2 N–H and O–H groups in total. The Kier molecular flexibility index (Phi) is 2.98. The minimum Gasteiger partial charge on any atom is -0.423 e. The van der Waals surface area contributed by atoms with Crippen LogP contribution in [0.5, 0.6) is 0 Å². The van der Waals surface area contributed by atoms with Crippen LogP contribution >= 0.6 is 0 Å². The van der Waals surface area contributed by atoms with Gasteiger partial charge in [0.15, 0.2) is 0 Å². The van der Waals surface area contributed by atoms with Gasteiger partial charge in [-0.15, -0.1) is 10.2 Å². The van der Waals surface area contributed by atoms with Gasteiger partial charge in [-0.1, -0.05) is 51.1 Å². The van der Waals surface area contributed by atoms with E-state index in [2.05, 4.69) is 10.2 Å². The molecule has 17 heavy (non-hydrogen) atoms. The highest BCUT2D eigenvalue weighted by atomic mass is 16.4.